The Morgan fingerprint density at radius 2 is 2.07 bits per heavy atom. The van der Waals surface area contributed by atoms with Crippen LogP contribution in [0, 0.1) is 5.92 Å². The van der Waals surface area contributed by atoms with Crippen molar-refractivity contribution in [2.24, 2.45) is 17.4 Å². The number of aromatic amines is 1. The highest BCUT2D eigenvalue weighted by molar-refractivity contribution is 5.87. The van der Waals surface area contributed by atoms with E-state index in [1.54, 1.807) is 13.4 Å². The van der Waals surface area contributed by atoms with Crippen molar-refractivity contribution >= 4 is 11.2 Å². The van der Waals surface area contributed by atoms with Gasteiger partial charge in [0.05, 0.1) is 19.5 Å². The van der Waals surface area contributed by atoms with Crippen LogP contribution in [-0.4, -0.2) is 40.1 Å². The van der Waals surface area contributed by atoms with Crippen LogP contribution < -0.4 is 21.5 Å². The van der Waals surface area contributed by atoms with Gasteiger partial charge in [-0.15, -0.1) is 0 Å². The Balaban J connectivity index is 1.79. The molecule has 0 spiro atoms. The van der Waals surface area contributed by atoms with Gasteiger partial charge in [-0.25, -0.2) is 15.0 Å². The van der Waals surface area contributed by atoms with Crippen LogP contribution in [0.4, 0.5) is 0 Å². The highest BCUT2D eigenvalue weighted by atomic mass is 16.5. The van der Waals surface area contributed by atoms with Crippen LogP contribution in [0.2, 0.25) is 0 Å². The molecule has 1 aliphatic rings. The Hall–Kier alpha value is -2.55. The van der Waals surface area contributed by atoms with E-state index in [-0.39, 0.29) is 6.04 Å². The first-order valence-corrected chi connectivity index (χ1v) is 9.26. The van der Waals surface area contributed by atoms with Gasteiger partial charge < -0.3 is 26.5 Å². The number of piperidine rings is 1. The molecule has 0 aliphatic carbocycles. The SMILES string of the molecule is COc1ccc(-c2nc(C(N)C3CCNCC3)nc3[nH]cnc23)cc1CN. The number of aromatic nitrogens is 4. The minimum atomic E-state index is -0.203. The van der Waals surface area contributed by atoms with Gasteiger partial charge in [0.1, 0.15) is 22.8 Å². The van der Waals surface area contributed by atoms with Crippen molar-refractivity contribution in [1.29, 1.82) is 0 Å². The highest BCUT2D eigenvalue weighted by Crippen LogP contribution is 2.31. The number of methoxy groups -OCH3 is 1. The molecule has 1 unspecified atom stereocenters. The predicted octanol–water partition coefficient (Wildman–Crippen LogP) is 1.49. The molecule has 4 rings (SSSR count). The summed E-state index contributed by atoms with van der Waals surface area (Å²) >= 11 is 0. The first kappa shape index (κ1) is 17.8. The monoisotopic (exact) mass is 367 g/mol. The van der Waals surface area contributed by atoms with Crippen LogP contribution in [0.3, 0.4) is 0 Å². The lowest BCUT2D eigenvalue weighted by molar-refractivity contribution is 0.314. The fourth-order valence-electron chi connectivity index (χ4n) is 3.70. The maximum Gasteiger partial charge on any atom is 0.161 e. The fraction of sp³-hybridized carbons (Fsp3) is 0.421. The minimum Gasteiger partial charge on any atom is -0.496 e. The average molecular weight is 367 g/mol. The van der Waals surface area contributed by atoms with Gasteiger partial charge in [0.2, 0.25) is 0 Å². The summed E-state index contributed by atoms with van der Waals surface area (Å²) in [6.45, 7) is 2.35. The van der Waals surface area contributed by atoms with Crippen LogP contribution >= 0.6 is 0 Å². The Labute approximate surface area is 157 Å². The lowest BCUT2D eigenvalue weighted by Gasteiger charge is -2.27. The fourth-order valence-corrected chi connectivity index (χ4v) is 3.70. The standard InChI is InChI=1S/C19H25N7O/c1-27-14-3-2-12(8-13(14)9-20)16-17-19(24-10-23-17)26-18(25-16)15(21)11-4-6-22-7-5-11/h2-3,8,10-11,15,22H,4-7,9,20-21H2,1H3,(H,23,24,25,26). The second-order valence-electron chi connectivity index (χ2n) is 6.87. The number of rotatable bonds is 5. The number of nitrogens with zero attached hydrogens (tertiary/aromatic N) is 3. The summed E-state index contributed by atoms with van der Waals surface area (Å²) < 4.78 is 5.38. The zero-order valence-electron chi connectivity index (χ0n) is 15.4. The molecule has 142 valence electrons. The zero-order chi connectivity index (χ0) is 18.8. The van der Waals surface area contributed by atoms with Crippen molar-refractivity contribution in [3.8, 4) is 17.0 Å². The molecule has 1 saturated heterocycles. The van der Waals surface area contributed by atoms with E-state index < -0.39 is 0 Å². The van der Waals surface area contributed by atoms with E-state index in [1.807, 2.05) is 18.2 Å². The third kappa shape index (κ3) is 3.39. The number of benzene rings is 1. The Kier molecular flexibility index (Phi) is 5.02. The van der Waals surface area contributed by atoms with E-state index >= 15 is 0 Å². The third-order valence-electron chi connectivity index (χ3n) is 5.26. The molecule has 1 fully saturated rings. The number of hydrogen-bond acceptors (Lipinski definition) is 7. The minimum absolute atomic E-state index is 0.203. The first-order valence-electron chi connectivity index (χ1n) is 9.26. The number of imidazole rings is 1. The summed E-state index contributed by atoms with van der Waals surface area (Å²) in [5.41, 5.74) is 16.5. The molecule has 1 atom stereocenters. The molecular weight excluding hydrogens is 342 g/mol. The van der Waals surface area contributed by atoms with Crippen molar-refractivity contribution in [2.75, 3.05) is 20.2 Å². The maximum atomic E-state index is 6.55. The van der Waals surface area contributed by atoms with Gasteiger partial charge >= 0.3 is 0 Å². The molecule has 27 heavy (non-hydrogen) atoms. The Morgan fingerprint density at radius 3 is 2.81 bits per heavy atom. The van der Waals surface area contributed by atoms with Crippen LogP contribution in [-0.2, 0) is 6.54 Å². The average Bonchev–Trinajstić information content (AvgIpc) is 3.21. The molecule has 0 radical (unpaired) electrons. The molecule has 0 saturated carbocycles. The normalized spacial score (nSPS) is 16.6. The number of hydrogen-bond donors (Lipinski definition) is 4. The number of fused-ring (bicyclic) bond motifs is 1. The largest absolute Gasteiger partial charge is 0.496 e. The van der Waals surface area contributed by atoms with Gasteiger partial charge in [-0.2, -0.15) is 0 Å². The zero-order valence-corrected chi connectivity index (χ0v) is 15.4. The highest BCUT2D eigenvalue weighted by Gasteiger charge is 2.25. The first-order chi connectivity index (χ1) is 13.2. The van der Waals surface area contributed by atoms with Crippen molar-refractivity contribution < 1.29 is 4.74 Å². The molecule has 3 aromatic rings. The molecule has 8 heteroatoms. The Bertz CT molecular complexity index is 933. The van der Waals surface area contributed by atoms with Crippen LogP contribution in [0.15, 0.2) is 24.5 Å². The molecule has 0 bridgehead atoms. The second kappa shape index (κ2) is 7.59. The topological polar surface area (TPSA) is 128 Å². The molecule has 1 aliphatic heterocycles. The predicted molar refractivity (Wildman–Crippen MR) is 104 cm³/mol. The quantitative estimate of drug-likeness (QED) is 0.538. The Morgan fingerprint density at radius 1 is 1.26 bits per heavy atom. The van der Waals surface area contributed by atoms with Crippen LogP contribution in [0.25, 0.3) is 22.4 Å². The summed E-state index contributed by atoms with van der Waals surface area (Å²) in [7, 11) is 1.64. The van der Waals surface area contributed by atoms with Crippen molar-refractivity contribution in [3.63, 3.8) is 0 Å². The van der Waals surface area contributed by atoms with Gasteiger partial charge in [0.15, 0.2) is 5.65 Å². The summed E-state index contributed by atoms with van der Waals surface area (Å²) in [5, 5.41) is 3.37. The van der Waals surface area contributed by atoms with Gasteiger partial charge in [0, 0.05) is 17.7 Å². The number of nitrogens with one attached hydrogen (secondary N) is 2. The molecule has 3 heterocycles. The van der Waals surface area contributed by atoms with Gasteiger partial charge in [-0.1, -0.05) is 0 Å². The molecule has 8 nitrogen and oxygen atoms in total. The van der Waals surface area contributed by atoms with Crippen molar-refractivity contribution in [1.82, 2.24) is 25.3 Å². The lowest BCUT2D eigenvalue weighted by Crippen LogP contribution is -2.34. The van der Waals surface area contributed by atoms with Crippen molar-refractivity contribution in [3.05, 3.63) is 35.9 Å². The maximum absolute atomic E-state index is 6.55. The summed E-state index contributed by atoms with van der Waals surface area (Å²) in [6.07, 6.45) is 3.69. The van der Waals surface area contributed by atoms with E-state index in [0.717, 1.165) is 54.0 Å². The van der Waals surface area contributed by atoms with E-state index in [0.29, 0.717) is 23.9 Å². The van der Waals surface area contributed by atoms with E-state index in [1.165, 1.54) is 0 Å². The lowest BCUT2D eigenvalue weighted by atomic mass is 9.90. The molecule has 2 aromatic heterocycles. The van der Waals surface area contributed by atoms with E-state index in [2.05, 4.69) is 20.3 Å². The third-order valence-corrected chi connectivity index (χ3v) is 5.26. The summed E-state index contributed by atoms with van der Waals surface area (Å²) in [5.74, 6) is 1.79. The number of nitrogens with two attached hydrogens (primary N) is 2. The number of ether oxygens (including phenoxy) is 1. The van der Waals surface area contributed by atoms with E-state index in [4.69, 9.17) is 21.2 Å². The van der Waals surface area contributed by atoms with E-state index in [9.17, 15) is 0 Å². The molecule has 0 amide bonds. The molecule has 6 N–H and O–H groups in total. The van der Waals surface area contributed by atoms with Gasteiger partial charge in [0.25, 0.3) is 0 Å². The molecular formula is C19H25N7O. The smallest absolute Gasteiger partial charge is 0.161 e. The summed E-state index contributed by atoms with van der Waals surface area (Å²) in [6, 6.07) is 5.67. The van der Waals surface area contributed by atoms with Crippen molar-refractivity contribution in [2.45, 2.75) is 25.4 Å². The molecule has 1 aromatic carbocycles. The van der Waals surface area contributed by atoms with Crippen LogP contribution in [0.5, 0.6) is 5.75 Å². The van der Waals surface area contributed by atoms with Crippen LogP contribution in [0.1, 0.15) is 30.3 Å². The number of H-pyrrole nitrogens is 1. The summed E-state index contributed by atoms with van der Waals surface area (Å²) in [4.78, 5) is 17.0. The van der Waals surface area contributed by atoms with Gasteiger partial charge in [-0.3, -0.25) is 0 Å². The second-order valence-corrected chi connectivity index (χ2v) is 6.87. The van der Waals surface area contributed by atoms with Gasteiger partial charge in [-0.05, 0) is 50.0 Å².